The number of benzene rings is 2. The van der Waals surface area contributed by atoms with E-state index in [0.717, 1.165) is 6.42 Å². The Morgan fingerprint density at radius 2 is 1.76 bits per heavy atom. The molecule has 0 radical (unpaired) electrons. The monoisotopic (exact) mass is 279 g/mol. The summed E-state index contributed by atoms with van der Waals surface area (Å²) < 4.78 is 5.09. The molecule has 2 aromatic rings. The van der Waals surface area contributed by atoms with Gasteiger partial charge >= 0.3 is 0 Å². The molecule has 0 aliphatic carbocycles. The molecule has 106 valence electrons. The minimum absolute atomic E-state index is 0.176. The Morgan fingerprint density at radius 3 is 2.24 bits per heavy atom. The molecule has 0 aliphatic heterocycles. The van der Waals surface area contributed by atoms with E-state index in [9.17, 15) is 10.1 Å². The van der Waals surface area contributed by atoms with Crippen LogP contribution in [0.15, 0.2) is 48.5 Å². The second-order valence-electron chi connectivity index (χ2n) is 4.75. The first-order valence-electron chi connectivity index (χ1n) is 6.86. The molecule has 2 rings (SSSR count). The van der Waals surface area contributed by atoms with Gasteiger partial charge in [-0.15, -0.1) is 0 Å². The molecular formula is C18H17NO2. The van der Waals surface area contributed by atoms with Crippen LogP contribution in [0.5, 0.6) is 5.75 Å². The maximum atomic E-state index is 12.5. The van der Waals surface area contributed by atoms with E-state index in [-0.39, 0.29) is 5.78 Å². The van der Waals surface area contributed by atoms with Crippen molar-refractivity contribution in [2.24, 2.45) is 0 Å². The summed E-state index contributed by atoms with van der Waals surface area (Å²) in [5.74, 6) is -0.260. The quantitative estimate of drug-likeness (QED) is 0.783. The Hall–Kier alpha value is -2.60. The van der Waals surface area contributed by atoms with Crippen molar-refractivity contribution < 1.29 is 9.53 Å². The topological polar surface area (TPSA) is 50.1 Å². The van der Waals surface area contributed by atoms with Crippen LogP contribution in [-0.2, 0) is 6.42 Å². The van der Waals surface area contributed by atoms with Gasteiger partial charge in [0.1, 0.15) is 11.7 Å². The van der Waals surface area contributed by atoms with Gasteiger partial charge in [-0.25, -0.2) is 0 Å². The molecular weight excluding hydrogens is 262 g/mol. The number of carbonyl (C=O) groups is 1. The number of hydrogen-bond acceptors (Lipinski definition) is 3. The van der Waals surface area contributed by atoms with Gasteiger partial charge in [-0.05, 0) is 29.7 Å². The first-order valence-corrected chi connectivity index (χ1v) is 6.86. The van der Waals surface area contributed by atoms with Gasteiger partial charge in [0.05, 0.1) is 13.2 Å². The molecule has 0 aliphatic rings. The third kappa shape index (κ3) is 3.29. The highest BCUT2D eigenvalue weighted by Crippen LogP contribution is 2.23. The highest BCUT2D eigenvalue weighted by Gasteiger charge is 2.21. The van der Waals surface area contributed by atoms with E-state index >= 15 is 0 Å². The van der Waals surface area contributed by atoms with Crippen LogP contribution in [-0.4, -0.2) is 12.9 Å². The number of ketones is 1. The van der Waals surface area contributed by atoms with Crippen LogP contribution >= 0.6 is 0 Å². The Morgan fingerprint density at radius 1 is 1.14 bits per heavy atom. The molecule has 0 aromatic heterocycles. The number of methoxy groups -OCH3 is 1. The van der Waals surface area contributed by atoms with Crippen molar-refractivity contribution in [3.05, 3.63) is 65.2 Å². The van der Waals surface area contributed by atoms with Crippen LogP contribution in [0.3, 0.4) is 0 Å². The average Bonchev–Trinajstić information content (AvgIpc) is 2.56. The normalized spacial score (nSPS) is 11.5. The smallest absolute Gasteiger partial charge is 0.184 e. The van der Waals surface area contributed by atoms with Crippen molar-refractivity contribution in [2.45, 2.75) is 19.3 Å². The zero-order valence-electron chi connectivity index (χ0n) is 12.2. The molecule has 3 heteroatoms. The van der Waals surface area contributed by atoms with Crippen LogP contribution < -0.4 is 4.74 Å². The van der Waals surface area contributed by atoms with E-state index < -0.39 is 5.92 Å². The number of nitrogens with zero attached hydrogens (tertiary/aromatic N) is 1. The molecule has 1 unspecified atom stereocenters. The standard InChI is InChI=1S/C18H17NO2/c1-3-13-4-6-15(7-5-13)18(20)17(12-19)14-8-10-16(21-2)11-9-14/h4-11,17H,3H2,1-2H3. The minimum Gasteiger partial charge on any atom is -0.497 e. The number of hydrogen-bond donors (Lipinski definition) is 0. The number of nitriles is 1. The number of rotatable bonds is 5. The van der Waals surface area contributed by atoms with Gasteiger partial charge in [0.2, 0.25) is 0 Å². The van der Waals surface area contributed by atoms with Crippen LogP contribution in [0.1, 0.15) is 34.3 Å². The van der Waals surface area contributed by atoms with Gasteiger partial charge in [-0.2, -0.15) is 5.26 Å². The predicted octanol–water partition coefficient (Wildman–Crippen LogP) is 3.75. The fraction of sp³-hybridized carbons (Fsp3) is 0.222. The van der Waals surface area contributed by atoms with E-state index in [1.165, 1.54) is 5.56 Å². The van der Waals surface area contributed by atoms with E-state index in [0.29, 0.717) is 16.9 Å². The molecule has 0 spiro atoms. The maximum absolute atomic E-state index is 12.5. The maximum Gasteiger partial charge on any atom is 0.184 e. The third-order valence-corrected chi connectivity index (χ3v) is 3.49. The summed E-state index contributed by atoms with van der Waals surface area (Å²) in [4.78, 5) is 12.5. The van der Waals surface area contributed by atoms with Crippen LogP contribution in [0, 0.1) is 11.3 Å². The fourth-order valence-electron chi connectivity index (χ4n) is 2.15. The summed E-state index contributed by atoms with van der Waals surface area (Å²) in [5.41, 5.74) is 2.42. The Kier molecular flexibility index (Phi) is 4.73. The summed E-state index contributed by atoms with van der Waals surface area (Å²) in [7, 11) is 1.58. The predicted molar refractivity (Wildman–Crippen MR) is 81.5 cm³/mol. The summed E-state index contributed by atoms with van der Waals surface area (Å²) in [6, 6.07) is 16.5. The van der Waals surface area contributed by atoms with Crippen molar-refractivity contribution in [1.82, 2.24) is 0 Å². The molecule has 0 fully saturated rings. The first kappa shape index (κ1) is 14.8. The molecule has 0 heterocycles. The number of Topliss-reactive ketones (excluding diaryl/α,β-unsaturated/α-hetero) is 1. The third-order valence-electron chi connectivity index (χ3n) is 3.49. The van der Waals surface area contributed by atoms with Gasteiger partial charge in [0, 0.05) is 5.56 Å². The van der Waals surface area contributed by atoms with E-state index in [1.54, 1.807) is 43.5 Å². The van der Waals surface area contributed by atoms with Gasteiger partial charge in [-0.3, -0.25) is 4.79 Å². The van der Waals surface area contributed by atoms with Crippen molar-refractivity contribution in [3.63, 3.8) is 0 Å². The number of aryl methyl sites for hydroxylation is 1. The zero-order valence-corrected chi connectivity index (χ0v) is 12.2. The second kappa shape index (κ2) is 6.71. The van der Waals surface area contributed by atoms with Gasteiger partial charge < -0.3 is 4.74 Å². The zero-order chi connectivity index (χ0) is 15.2. The SMILES string of the molecule is CCc1ccc(C(=O)C(C#N)c2ccc(OC)cc2)cc1. The minimum atomic E-state index is -0.789. The summed E-state index contributed by atoms with van der Waals surface area (Å²) >= 11 is 0. The molecule has 0 saturated heterocycles. The Labute approximate surface area is 124 Å². The van der Waals surface area contributed by atoms with Crippen LogP contribution in [0.4, 0.5) is 0 Å². The van der Waals surface area contributed by atoms with E-state index in [4.69, 9.17) is 4.74 Å². The molecule has 2 aromatic carbocycles. The summed E-state index contributed by atoms with van der Waals surface area (Å²) in [6.07, 6.45) is 0.925. The lowest BCUT2D eigenvalue weighted by Gasteiger charge is -2.10. The van der Waals surface area contributed by atoms with Gasteiger partial charge in [-0.1, -0.05) is 43.3 Å². The Bertz CT molecular complexity index is 651. The number of carbonyl (C=O) groups excluding carboxylic acids is 1. The fourth-order valence-corrected chi connectivity index (χ4v) is 2.15. The number of ether oxygens (including phenoxy) is 1. The van der Waals surface area contributed by atoms with Gasteiger partial charge in [0.15, 0.2) is 5.78 Å². The van der Waals surface area contributed by atoms with Crippen LogP contribution in [0.2, 0.25) is 0 Å². The van der Waals surface area contributed by atoms with Crippen molar-refractivity contribution in [3.8, 4) is 11.8 Å². The second-order valence-corrected chi connectivity index (χ2v) is 4.75. The molecule has 0 bridgehead atoms. The molecule has 0 saturated carbocycles. The summed E-state index contributed by atoms with van der Waals surface area (Å²) in [5, 5.41) is 9.34. The van der Waals surface area contributed by atoms with Crippen molar-refractivity contribution in [1.29, 1.82) is 5.26 Å². The lowest BCUT2D eigenvalue weighted by atomic mass is 9.91. The summed E-state index contributed by atoms with van der Waals surface area (Å²) in [6.45, 7) is 2.06. The molecule has 0 N–H and O–H groups in total. The van der Waals surface area contributed by atoms with E-state index in [1.807, 2.05) is 12.1 Å². The average molecular weight is 279 g/mol. The van der Waals surface area contributed by atoms with Gasteiger partial charge in [0.25, 0.3) is 0 Å². The van der Waals surface area contributed by atoms with Crippen molar-refractivity contribution >= 4 is 5.78 Å². The first-order chi connectivity index (χ1) is 10.2. The molecule has 21 heavy (non-hydrogen) atoms. The largest absolute Gasteiger partial charge is 0.497 e. The van der Waals surface area contributed by atoms with Crippen molar-refractivity contribution in [2.75, 3.05) is 7.11 Å². The highest BCUT2D eigenvalue weighted by atomic mass is 16.5. The lowest BCUT2D eigenvalue weighted by Crippen LogP contribution is -2.11. The molecule has 0 amide bonds. The Balaban J connectivity index is 2.26. The lowest BCUT2D eigenvalue weighted by molar-refractivity contribution is 0.0979. The van der Waals surface area contributed by atoms with Crippen LogP contribution in [0.25, 0.3) is 0 Å². The highest BCUT2D eigenvalue weighted by molar-refractivity contribution is 6.02. The molecule has 3 nitrogen and oxygen atoms in total. The van der Waals surface area contributed by atoms with E-state index in [2.05, 4.69) is 13.0 Å². The molecule has 1 atom stereocenters.